The zero-order valence-corrected chi connectivity index (χ0v) is 15.8. The van der Waals surface area contributed by atoms with Crippen LogP contribution in [-0.4, -0.2) is 9.55 Å². The van der Waals surface area contributed by atoms with Crippen LogP contribution in [-0.2, 0) is 12.3 Å². The second-order valence-corrected chi connectivity index (χ2v) is 7.32. The number of halogens is 1. The fourth-order valence-corrected chi connectivity index (χ4v) is 3.82. The van der Waals surface area contributed by atoms with E-state index in [0.29, 0.717) is 17.5 Å². The van der Waals surface area contributed by atoms with Crippen molar-refractivity contribution in [2.45, 2.75) is 31.3 Å². The maximum absolute atomic E-state index is 12.5. The van der Waals surface area contributed by atoms with Crippen LogP contribution in [0.4, 0.5) is 0 Å². The average molecular weight is 371 g/mol. The van der Waals surface area contributed by atoms with E-state index in [4.69, 9.17) is 11.6 Å². The second kappa shape index (κ2) is 7.89. The number of aryl methyl sites for hydroxylation is 2. The number of benzene rings is 2. The minimum absolute atomic E-state index is 0.0327. The Bertz CT molecular complexity index is 935. The monoisotopic (exact) mass is 370 g/mol. The molecule has 0 aliphatic rings. The molecule has 128 valence electrons. The van der Waals surface area contributed by atoms with Crippen LogP contribution < -0.4 is 5.56 Å². The molecule has 3 rings (SSSR count). The molecule has 1 heterocycles. The van der Waals surface area contributed by atoms with Gasteiger partial charge in [0.25, 0.3) is 5.56 Å². The molecule has 0 aliphatic carbocycles. The molecule has 3 aromatic rings. The average Bonchev–Trinajstić information content (AvgIpc) is 2.58. The van der Waals surface area contributed by atoms with E-state index in [1.54, 1.807) is 10.6 Å². The summed E-state index contributed by atoms with van der Waals surface area (Å²) >= 11 is 7.77. The van der Waals surface area contributed by atoms with Gasteiger partial charge in [-0.15, -0.1) is 0 Å². The Morgan fingerprint density at radius 2 is 1.80 bits per heavy atom. The molecule has 1 aromatic heterocycles. The van der Waals surface area contributed by atoms with E-state index in [2.05, 4.69) is 17.1 Å². The number of thioether (sulfide) groups is 1. The molecule has 0 unspecified atom stereocenters. The highest BCUT2D eigenvalue weighted by molar-refractivity contribution is 7.98. The van der Waals surface area contributed by atoms with Crippen LogP contribution in [0, 0.1) is 13.8 Å². The number of hydrogen-bond acceptors (Lipinski definition) is 3. The van der Waals surface area contributed by atoms with Gasteiger partial charge < -0.3 is 0 Å². The molecule has 25 heavy (non-hydrogen) atoms. The summed E-state index contributed by atoms with van der Waals surface area (Å²) in [6.45, 7) is 4.41. The lowest BCUT2D eigenvalue weighted by Crippen LogP contribution is -2.23. The van der Waals surface area contributed by atoms with Crippen LogP contribution in [0.2, 0.25) is 5.02 Å². The Hall–Kier alpha value is -2.04. The van der Waals surface area contributed by atoms with Crippen molar-refractivity contribution in [3.8, 4) is 0 Å². The highest BCUT2D eigenvalue weighted by Gasteiger charge is 2.10. The van der Waals surface area contributed by atoms with Crippen LogP contribution >= 0.6 is 23.4 Å². The van der Waals surface area contributed by atoms with Crippen molar-refractivity contribution in [2.75, 3.05) is 0 Å². The largest absolute Gasteiger partial charge is 0.283 e. The van der Waals surface area contributed by atoms with E-state index in [1.807, 2.05) is 50.2 Å². The first-order chi connectivity index (χ1) is 12.0. The number of nitrogens with zero attached hydrogens (tertiary/aromatic N) is 2. The Labute approximate surface area is 156 Å². The summed E-state index contributed by atoms with van der Waals surface area (Å²) in [6, 6.07) is 17.5. The lowest BCUT2D eigenvalue weighted by molar-refractivity contribution is 0.638. The van der Waals surface area contributed by atoms with Crippen molar-refractivity contribution in [2.24, 2.45) is 0 Å². The van der Waals surface area contributed by atoms with Gasteiger partial charge in [0.15, 0.2) is 5.16 Å². The van der Waals surface area contributed by atoms with E-state index >= 15 is 0 Å². The third-order valence-electron chi connectivity index (χ3n) is 3.88. The molecular formula is C20H19ClN2OS. The fourth-order valence-electron chi connectivity index (χ4n) is 2.48. The molecule has 0 fully saturated rings. The molecule has 5 heteroatoms. The number of rotatable bonds is 5. The third kappa shape index (κ3) is 4.53. The fraction of sp³-hybridized carbons (Fsp3) is 0.200. The predicted molar refractivity (Wildman–Crippen MR) is 105 cm³/mol. The predicted octanol–water partition coefficient (Wildman–Crippen LogP) is 4.85. The molecule has 0 aliphatic heterocycles. The standard InChI is InChI=1S/C20H19ClN2OS/c1-14-7-9-16(10-8-14)12-23-19(24)11-15(2)22-20(23)25-13-17-5-3-4-6-18(17)21/h3-11H,12-13H2,1-2H3. The van der Waals surface area contributed by atoms with E-state index in [9.17, 15) is 4.79 Å². The maximum atomic E-state index is 12.5. The number of aromatic nitrogens is 2. The van der Waals surface area contributed by atoms with Gasteiger partial charge in [0.2, 0.25) is 0 Å². The van der Waals surface area contributed by atoms with E-state index in [1.165, 1.54) is 17.3 Å². The van der Waals surface area contributed by atoms with Gasteiger partial charge in [-0.3, -0.25) is 9.36 Å². The Balaban J connectivity index is 1.88. The first kappa shape index (κ1) is 17.8. The normalized spacial score (nSPS) is 10.8. The molecule has 0 saturated heterocycles. The third-order valence-corrected chi connectivity index (χ3v) is 5.27. The smallest absolute Gasteiger partial charge is 0.254 e. The van der Waals surface area contributed by atoms with E-state index in [0.717, 1.165) is 21.8 Å². The van der Waals surface area contributed by atoms with Crippen LogP contribution in [0.5, 0.6) is 0 Å². The number of hydrogen-bond donors (Lipinski definition) is 0. The van der Waals surface area contributed by atoms with Crippen LogP contribution in [0.1, 0.15) is 22.4 Å². The molecular weight excluding hydrogens is 352 g/mol. The van der Waals surface area contributed by atoms with Gasteiger partial charge in [0.05, 0.1) is 6.54 Å². The molecule has 0 spiro atoms. The van der Waals surface area contributed by atoms with Gasteiger partial charge in [0.1, 0.15) is 0 Å². The van der Waals surface area contributed by atoms with Crippen LogP contribution in [0.15, 0.2) is 64.5 Å². The summed E-state index contributed by atoms with van der Waals surface area (Å²) in [5.74, 6) is 0.670. The van der Waals surface area contributed by atoms with Crippen LogP contribution in [0.25, 0.3) is 0 Å². The molecule has 0 N–H and O–H groups in total. The van der Waals surface area contributed by atoms with Crippen molar-refractivity contribution >= 4 is 23.4 Å². The van der Waals surface area contributed by atoms with E-state index in [-0.39, 0.29) is 5.56 Å². The quantitative estimate of drug-likeness (QED) is 0.475. The van der Waals surface area contributed by atoms with Crippen molar-refractivity contribution in [1.82, 2.24) is 9.55 Å². The minimum Gasteiger partial charge on any atom is -0.283 e. The molecule has 0 bridgehead atoms. The molecule has 0 amide bonds. The van der Waals surface area contributed by atoms with Gasteiger partial charge >= 0.3 is 0 Å². The summed E-state index contributed by atoms with van der Waals surface area (Å²) in [6.07, 6.45) is 0. The molecule has 3 nitrogen and oxygen atoms in total. The zero-order valence-electron chi connectivity index (χ0n) is 14.2. The van der Waals surface area contributed by atoms with Crippen molar-refractivity contribution in [1.29, 1.82) is 0 Å². The molecule has 2 aromatic carbocycles. The SMILES string of the molecule is Cc1ccc(Cn2c(SCc3ccccc3Cl)nc(C)cc2=O)cc1. The minimum atomic E-state index is -0.0327. The van der Waals surface area contributed by atoms with Gasteiger partial charge in [-0.1, -0.05) is 71.4 Å². The van der Waals surface area contributed by atoms with Gasteiger partial charge in [-0.05, 0) is 31.0 Å². The zero-order chi connectivity index (χ0) is 17.8. The molecule has 0 atom stereocenters. The highest BCUT2D eigenvalue weighted by atomic mass is 35.5. The first-order valence-electron chi connectivity index (χ1n) is 8.03. The summed E-state index contributed by atoms with van der Waals surface area (Å²) in [5.41, 5.74) is 4.01. The molecule has 0 radical (unpaired) electrons. The highest BCUT2D eigenvalue weighted by Crippen LogP contribution is 2.25. The van der Waals surface area contributed by atoms with Gasteiger partial charge in [-0.2, -0.15) is 0 Å². The second-order valence-electron chi connectivity index (χ2n) is 5.97. The maximum Gasteiger partial charge on any atom is 0.254 e. The Morgan fingerprint density at radius 1 is 1.08 bits per heavy atom. The van der Waals surface area contributed by atoms with Crippen molar-refractivity contribution < 1.29 is 0 Å². The lowest BCUT2D eigenvalue weighted by Gasteiger charge is -2.13. The summed E-state index contributed by atoms with van der Waals surface area (Å²) in [7, 11) is 0. The van der Waals surface area contributed by atoms with Gasteiger partial charge in [-0.25, -0.2) is 4.98 Å². The van der Waals surface area contributed by atoms with Gasteiger partial charge in [0, 0.05) is 22.5 Å². The summed E-state index contributed by atoms with van der Waals surface area (Å²) in [5, 5.41) is 1.44. The summed E-state index contributed by atoms with van der Waals surface area (Å²) < 4.78 is 1.72. The van der Waals surface area contributed by atoms with Crippen LogP contribution in [0.3, 0.4) is 0 Å². The van der Waals surface area contributed by atoms with Crippen molar-refractivity contribution in [3.05, 3.63) is 92.4 Å². The topological polar surface area (TPSA) is 34.9 Å². The lowest BCUT2D eigenvalue weighted by atomic mass is 10.1. The Morgan fingerprint density at radius 3 is 2.52 bits per heavy atom. The summed E-state index contributed by atoms with van der Waals surface area (Å²) in [4.78, 5) is 17.1. The molecule has 0 saturated carbocycles. The van der Waals surface area contributed by atoms with E-state index < -0.39 is 0 Å². The first-order valence-corrected chi connectivity index (χ1v) is 9.39. The van der Waals surface area contributed by atoms with Crippen molar-refractivity contribution in [3.63, 3.8) is 0 Å². The Kier molecular flexibility index (Phi) is 5.61.